The zero-order valence-electron chi connectivity index (χ0n) is 21.9. The van der Waals surface area contributed by atoms with Crippen molar-refractivity contribution in [1.82, 2.24) is 4.90 Å². The van der Waals surface area contributed by atoms with Crippen molar-refractivity contribution in [2.24, 2.45) is 17.6 Å². The highest BCUT2D eigenvalue weighted by Crippen LogP contribution is 2.54. The number of aliphatic hydroxyl groups is 3. The molecule has 0 spiro atoms. The van der Waals surface area contributed by atoms with Crippen LogP contribution in [-0.4, -0.2) is 61.0 Å². The summed E-state index contributed by atoms with van der Waals surface area (Å²) in [4.78, 5) is 39.5. The Morgan fingerprint density at radius 3 is 2.33 bits per heavy atom. The van der Waals surface area contributed by atoms with Crippen molar-refractivity contribution in [3.8, 4) is 5.75 Å². The van der Waals surface area contributed by atoms with Gasteiger partial charge >= 0.3 is 6.18 Å². The summed E-state index contributed by atoms with van der Waals surface area (Å²) in [5.41, 5.74) is -1.76. The number of fused-ring (bicyclic) bond motifs is 3. The number of amides is 1. The summed E-state index contributed by atoms with van der Waals surface area (Å²) in [7, 11) is 1.66. The average Bonchev–Trinajstić information content (AvgIpc) is 2.80. The highest BCUT2D eigenvalue weighted by molar-refractivity contribution is 6.22. The number of carbonyl (C=O) groups is 3. The quantitative estimate of drug-likeness (QED) is 0.348. The molecule has 4 rings (SSSR count). The van der Waals surface area contributed by atoms with Gasteiger partial charge < -0.3 is 26.2 Å². The molecule has 3 aliphatic carbocycles. The van der Waals surface area contributed by atoms with E-state index in [4.69, 9.17) is 5.73 Å². The molecule has 1 fully saturated rings. The third-order valence-corrected chi connectivity index (χ3v) is 8.74. The van der Waals surface area contributed by atoms with Crippen molar-refractivity contribution < 1.29 is 48.0 Å². The minimum atomic E-state index is -4.88. The van der Waals surface area contributed by atoms with Crippen LogP contribution in [0, 0.1) is 11.8 Å². The average molecular weight is 553 g/mol. The van der Waals surface area contributed by atoms with Gasteiger partial charge in [0, 0.05) is 30.0 Å². The Labute approximate surface area is 222 Å². The molecule has 39 heavy (non-hydrogen) atoms. The number of hydrogen-bond donors (Lipinski definition) is 5. The van der Waals surface area contributed by atoms with Gasteiger partial charge in [-0.25, -0.2) is 0 Å². The minimum Gasteiger partial charge on any atom is -0.508 e. The van der Waals surface area contributed by atoms with Crippen LogP contribution in [0.25, 0.3) is 5.76 Å². The first-order chi connectivity index (χ1) is 17.9. The molecule has 1 amide bonds. The van der Waals surface area contributed by atoms with Gasteiger partial charge in [0.2, 0.25) is 5.78 Å². The second kappa shape index (κ2) is 9.09. The van der Waals surface area contributed by atoms with Gasteiger partial charge in [-0.15, -0.1) is 0 Å². The lowest BCUT2D eigenvalue weighted by molar-refractivity contribution is -0.147. The zero-order chi connectivity index (χ0) is 29.4. The number of primary amides is 1. The zero-order valence-corrected chi connectivity index (χ0v) is 21.9. The van der Waals surface area contributed by atoms with Crippen LogP contribution < -0.4 is 5.73 Å². The predicted octanol–water partition coefficient (Wildman–Crippen LogP) is 3.06. The lowest BCUT2D eigenvalue weighted by Crippen LogP contribution is -2.58. The number of alkyl halides is 3. The molecule has 12 heteroatoms. The van der Waals surface area contributed by atoms with E-state index in [0.717, 1.165) is 6.07 Å². The molecule has 1 aromatic carbocycles. The minimum absolute atomic E-state index is 0.164. The number of rotatable bonds is 5. The van der Waals surface area contributed by atoms with Crippen molar-refractivity contribution >= 4 is 23.2 Å². The number of phenolic OH excluding ortho intramolecular Hbond substituents is 1. The molecule has 6 N–H and O–H groups in total. The molecule has 0 heterocycles. The molecular formula is C27H31F3N2O7. The molecule has 0 aromatic heterocycles. The first kappa shape index (κ1) is 28.6. The first-order valence-electron chi connectivity index (χ1n) is 12.5. The Kier molecular flexibility index (Phi) is 6.67. The number of halogens is 3. The number of aromatic hydroxyl groups is 1. The molecule has 0 saturated heterocycles. The van der Waals surface area contributed by atoms with Gasteiger partial charge in [0.05, 0.1) is 11.1 Å². The lowest BCUT2D eigenvalue weighted by atomic mass is 9.59. The fraction of sp³-hybridized carbons (Fsp3) is 0.519. The maximum absolute atomic E-state index is 14.5. The summed E-state index contributed by atoms with van der Waals surface area (Å²) in [6.45, 7) is 5.47. The maximum atomic E-state index is 14.5. The summed E-state index contributed by atoms with van der Waals surface area (Å²) in [5, 5.41) is 43.8. The van der Waals surface area contributed by atoms with E-state index in [1.54, 1.807) is 11.9 Å². The van der Waals surface area contributed by atoms with E-state index in [0.29, 0.717) is 6.42 Å². The molecule has 1 unspecified atom stereocenters. The van der Waals surface area contributed by atoms with Crippen LogP contribution in [0.2, 0.25) is 0 Å². The topological polar surface area (TPSA) is 161 Å². The van der Waals surface area contributed by atoms with E-state index in [1.807, 2.05) is 20.8 Å². The number of hydrogen-bond acceptors (Lipinski definition) is 8. The van der Waals surface area contributed by atoms with Crippen LogP contribution in [0.1, 0.15) is 62.3 Å². The van der Waals surface area contributed by atoms with E-state index < -0.39 is 105 Å². The van der Waals surface area contributed by atoms with Crippen molar-refractivity contribution in [2.45, 2.75) is 70.3 Å². The monoisotopic (exact) mass is 552 g/mol. The molecule has 1 aromatic rings. The van der Waals surface area contributed by atoms with Crippen LogP contribution in [-0.2, 0) is 33.5 Å². The Morgan fingerprint density at radius 1 is 1.18 bits per heavy atom. The summed E-state index contributed by atoms with van der Waals surface area (Å²) in [6.07, 6.45) is -5.48. The van der Waals surface area contributed by atoms with E-state index in [9.17, 15) is 48.0 Å². The third kappa shape index (κ3) is 4.20. The van der Waals surface area contributed by atoms with Crippen LogP contribution in [0.5, 0.6) is 5.75 Å². The largest absolute Gasteiger partial charge is 0.508 e. The number of carbonyl (C=O) groups excluding carboxylic acids is 3. The lowest BCUT2D eigenvalue weighted by Gasteiger charge is -2.46. The Morgan fingerprint density at radius 2 is 1.79 bits per heavy atom. The molecule has 1 saturated carbocycles. The van der Waals surface area contributed by atoms with Crippen LogP contribution in [0.4, 0.5) is 13.2 Å². The second-order valence-corrected chi connectivity index (χ2v) is 11.2. The molecule has 212 valence electrons. The van der Waals surface area contributed by atoms with Gasteiger partial charge in [0.15, 0.2) is 11.4 Å². The van der Waals surface area contributed by atoms with Crippen molar-refractivity contribution in [3.63, 3.8) is 0 Å². The highest BCUT2D eigenvalue weighted by Gasteiger charge is 2.60. The van der Waals surface area contributed by atoms with Crippen molar-refractivity contribution in [3.05, 3.63) is 45.2 Å². The second-order valence-electron chi connectivity index (χ2n) is 11.2. The number of nitrogens with zero attached hydrogens (tertiary/aromatic N) is 1. The standard InChI is InChI=1S/C27H31F3N2O7/c1-5-25(2,3)32(4)10-12-8-15(33)18-14(20(12)27(28,29)30)7-11-6-13-9-16(34)19(24(31)38)23(37)26(13,39)22(36)17(11)21(18)35/h8,11,13,33,35,37,39H,5-7,9-10H2,1-4H3,(H2,31,38)/t11?,13-,26-/m0/s1. The first-order valence-corrected chi connectivity index (χ1v) is 12.5. The number of nitrogens with two attached hydrogens (primary N) is 1. The van der Waals surface area contributed by atoms with Crippen LogP contribution in [0.3, 0.4) is 0 Å². The van der Waals surface area contributed by atoms with Gasteiger partial charge in [-0.2, -0.15) is 13.2 Å². The third-order valence-electron chi connectivity index (χ3n) is 8.74. The number of phenols is 1. The van der Waals surface area contributed by atoms with Crippen LogP contribution >= 0.6 is 0 Å². The molecule has 3 atom stereocenters. The summed E-state index contributed by atoms with van der Waals surface area (Å²) in [6, 6.07) is 0.910. The number of Topliss-reactive ketones (excluding diaryl/α,β-unsaturated/α-hetero) is 2. The van der Waals surface area contributed by atoms with E-state index in [2.05, 4.69) is 0 Å². The summed E-state index contributed by atoms with van der Waals surface area (Å²) < 4.78 is 43.6. The summed E-state index contributed by atoms with van der Waals surface area (Å²) in [5.74, 6) is -8.76. The summed E-state index contributed by atoms with van der Waals surface area (Å²) >= 11 is 0. The number of benzene rings is 1. The Hall–Kier alpha value is -3.38. The molecule has 0 bridgehead atoms. The van der Waals surface area contributed by atoms with Crippen LogP contribution in [0.15, 0.2) is 23.0 Å². The van der Waals surface area contributed by atoms with E-state index >= 15 is 0 Å². The van der Waals surface area contributed by atoms with E-state index in [-0.39, 0.29) is 18.5 Å². The molecular weight excluding hydrogens is 521 g/mol. The Bertz CT molecular complexity index is 1360. The molecule has 9 nitrogen and oxygen atoms in total. The van der Waals surface area contributed by atoms with Crippen molar-refractivity contribution in [1.29, 1.82) is 0 Å². The maximum Gasteiger partial charge on any atom is 0.417 e. The smallest absolute Gasteiger partial charge is 0.417 e. The normalized spacial score (nSPS) is 25.6. The fourth-order valence-electron chi connectivity index (χ4n) is 5.98. The SMILES string of the molecule is CCC(C)(C)N(C)Cc1cc(O)c2c(c1C(F)(F)F)CC1C[C@H]3CC(=O)C(C(N)=O)=C(O)[C@@]3(O)C(=O)C1=C2O. The number of aliphatic hydroxyl groups excluding tert-OH is 2. The Balaban J connectivity index is 1.93. The van der Waals surface area contributed by atoms with E-state index in [1.165, 1.54) is 0 Å². The molecule has 3 aliphatic rings. The predicted molar refractivity (Wildman–Crippen MR) is 132 cm³/mol. The van der Waals surface area contributed by atoms with Gasteiger partial charge in [0.25, 0.3) is 5.91 Å². The van der Waals surface area contributed by atoms with Crippen molar-refractivity contribution in [2.75, 3.05) is 7.05 Å². The molecule has 0 radical (unpaired) electrons. The van der Waals surface area contributed by atoms with Gasteiger partial charge in [-0.05, 0) is 63.3 Å². The number of ketones is 2. The fourth-order valence-corrected chi connectivity index (χ4v) is 5.98. The van der Waals surface area contributed by atoms with Gasteiger partial charge in [-0.1, -0.05) is 6.92 Å². The highest BCUT2D eigenvalue weighted by atomic mass is 19.4. The molecule has 0 aliphatic heterocycles. The van der Waals surface area contributed by atoms with Gasteiger partial charge in [-0.3, -0.25) is 19.3 Å². The van der Waals surface area contributed by atoms with Gasteiger partial charge in [0.1, 0.15) is 22.8 Å².